The van der Waals surface area contributed by atoms with Crippen molar-refractivity contribution in [3.05, 3.63) is 39.7 Å². The minimum Gasteiger partial charge on any atom is -0.508 e. The molecular formula is C29H38N4O7. The van der Waals surface area contributed by atoms with E-state index in [-0.39, 0.29) is 29.7 Å². The van der Waals surface area contributed by atoms with Crippen LogP contribution in [0.25, 0.3) is 5.76 Å². The van der Waals surface area contributed by atoms with Crippen LogP contribution in [0.15, 0.2) is 23.0 Å². The van der Waals surface area contributed by atoms with Crippen LogP contribution < -0.4 is 16.0 Å². The molecule has 0 aromatic heterocycles. The maximum absolute atomic E-state index is 14.1. The lowest BCUT2D eigenvalue weighted by atomic mass is 9.57. The predicted molar refractivity (Wildman–Crippen MR) is 148 cm³/mol. The van der Waals surface area contributed by atoms with Crippen LogP contribution in [0.5, 0.6) is 5.75 Å². The van der Waals surface area contributed by atoms with E-state index in [1.807, 2.05) is 25.1 Å². The van der Waals surface area contributed by atoms with E-state index in [0.29, 0.717) is 23.7 Å². The average molecular weight is 555 g/mol. The number of aromatic hydroxyl groups is 1. The Labute approximate surface area is 232 Å². The standard InChI is InChI=1S/C29H38N4O7/c1-32(2)18-11-14(12-31-15-7-5-6-8-15)23(34)20-16(18)9-13-10-17-22(33(3)4)25(36)21(28(30)39)27(38)29(17,40)26(37)19(13)24(20)35/h11,13,15,17,22,31,34-35,38,40H,5-10,12H2,1-4H3,(H2,30,39)/t13-,17-,22-,29-/m1/s1. The van der Waals surface area contributed by atoms with E-state index in [1.54, 1.807) is 14.1 Å². The monoisotopic (exact) mass is 554 g/mol. The summed E-state index contributed by atoms with van der Waals surface area (Å²) in [4.78, 5) is 42.8. The van der Waals surface area contributed by atoms with Crippen LogP contribution in [-0.2, 0) is 27.3 Å². The van der Waals surface area contributed by atoms with Crippen molar-refractivity contribution in [3.8, 4) is 5.75 Å². The molecule has 0 unspecified atom stereocenters. The molecule has 2 fully saturated rings. The molecule has 0 heterocycles. The van der Waals surface area contributed by atoms with E-state index in [9.17, 15) is 34.8 Å². The number of aliphatic hydroxyl groups is 3. The number of fused-ring (bicyclic) bond motifs is 3. The number of hydrogen-bond acceptors (Lipinski definition) is 10. The van der Waals surface area contributed by atoms with Crippen molar-refractivity contribution in [3.63, 3.8) is 0 Å². The van der Waals surface area contributed by atoms with Gasteiger partial charge in [0.05, 0.1) is 11.6 Å². The Bertz CT molecular complexity index is 1360. The molecule has 5 rings (SSSR count). The van der Waals surface area contributed by atoms with Crippen LogP contribution in [0.1, 0.15) is 48.8 Å². The Balaban J connectivity index is 1.67. The quantitative estimate of drug-likeness (QED) is 0.279. The van der Waals surface area contributed by atoms with Gasteiger partial charge in [-0.1, -0.05) is 12.8 Å². The predicted octanol–water partition coefficient (Wildman–Crippen LogP) is 1.06. The highest BCUT2D eigenvalue weighted by molar-refractivity contribution is 6.24. The molecule has 0 spiro atoms. The summed E-state index contributed by atoms with van der Waals surface area (Å²) in [5.41, 5.74) is 3.89. The molecule has 1 aromatic carbocycles. The molecule has 11 heteroatoms. The number of carbonyl (C=O) groups excluding carboxylic acids is 3. The van der Waals surface area contributed by atoms with Crippen molar-refractivity contribution in [2.45, 2.75) is 62.8 Å². The maximum atomic E-state index is 14.1. The van der Waals surface area contributed by atoms with Gasteiger partial charge in [0.15, 0.2) is 11.4 Å². The fourth-order valence-electron chi connectivity index (χ4n) is 7.26. The van der Waals surface area contributed by atoms with Crippen molar-refractivity contribution >= 4 is 28.9 Å². The second kappa shape index (κ2) is 9.90. The van der Waals surface area contributed by atoms with E-state index in [1.165, 1.54) is 4.90 Å². The molecule has 4 aliphatic carbocycles. The van der Waals surface area contributed by atoms with Gasteiger partial charge in [-0.2, -0.15) is 0 Å². The average Bonchev–Trinajstić information content (AvgIpc) is 3.39. The van der Waals surface area contributed by atoms with Gasteiger partial charge in [0.1, 0.15) is 22.8 Å². The zero-order valence-corrected chi connectivity index (χ0v) is 23.3. The normalized spacial score (nSPS) is 28.6. The summed E-state index contributed by atoms with van der Waals surface area (Å²) in [5, 5.41) is 49.2. The van der Waals surface area contributed by atoms with Crippen molar-refractivity contribution in [1.82, 2.24) is 10.2 Å². The van der Waals surface area contributed by atoms with Gasteiger partial charge < -0.3 is 36.4 Å². The van der Waals surface area contributed by atoms with Crippen LogP contribution in [0.3, 0.4) is 0 Å². The highest BCUT2D eigenvalue weighted by Gasteiger charge is 2.64. The molecule has 0 bridgehead atoms. The lowest BCUT2D eigenvalue weighted by Crippen LogP contribution is -2.65. The molecule has 40 heavy (non-hydrogen) atoms. The van der Waals surface area contributed by atoms with Gasteiger partial charge in [-0.25, -0.2) is 0 Å². The molecule has 4 aliphatic rings. The molecule has 4 atom stereocenters. The highest BCUT2D eigenvalue weighted by Crippen LogP contribution is 2.54. The second-order valence-electron chi connectivity index (χ2n) is 12.0. The van der Waals surface area contributed by atoms with E-state index in [4.69, 9.17) is 5.73 Å². The number of nitrogens with two attached hydrogens (primary N) is 1. The van der Waals surface area contributed by atoms with Crippen LogP contribution in [0.4, 0.5) is 5.69 Å². The Morgan fingerprint density at radius 3 is 2.35 bits per heavy atom. The van der Waals surface area contributed by atoms with Gasteiger partial charge in [-0.05, 0) is 57.3 Å². The molecule has 0 saturated heterocycles. The first-order valence-electron chi connectivity index (χ1n) is 13.7. The number of likely N-dealkylation sites (N-methyl/N-ethyl adjacent to an activating group) is 1. The van der Waals surface area contributed by atoms with Crippen LogP contribution in [0, 0.1) is 11.8 Å². The van der Waals surface area contributed by atoms with Gasteiger partial charge in [-0.15, -0.1) is 0 Å². The number of nitrogens with zero attached hydrogens (tertiary/aromatic N) is 2. The van der Waals surface area contributed by atoms with Crippen molar-refractivity contribution in [2.24, 2.45) is 17.6 Å². The third-order valence-electron chi connectivity index (χ3n) is 9.19. The van der Waals surface area contributed by atoms with E-state index in [2.05, 4.69) is 5.32 Å². The van der Waals surface area contributed by atoms with Crippen LogP contribution in [-0.4, -0.2) is 88.7 Å². The smallest absolute Gasteiger partial charge is 0.255 e. The minimum absolute atomic E-state index is 0.0599. The third kappa shape index (κ3) is 4.02. The van der Waals surface area contributed by atoms with Crippen molar-refractivity contribution in [2.75, 3.05) is 33.1 Å². The summed E-state index contributed by atoms with van der Waals surface area (Å²) in [6.07, 6.45) is 4.72. The third-order valence-corrected chi connectivity index (χ3v) is 9.19. The lowest BCUT2D eigenvalue weighted by Gasteiger charge is -2.50. The molecule has 7 N–H and O–H groups in total. The maximum Gasteiger partial charge on any atom is 0.255 e. The lowest BCUT2D eigenvalue weighted by molar-refractivity contribution is -0.153. The Morgan fingerprint density at radius 2 is 1.77 bits per heavy atom. The molecule has 1 aromatic rings. The summed E-state index contributed by atoms with van der Waals surface area (Å²) in [7, 11) is 6.88. The Kier molecular flexibility index (Phi) is 6.96. The largest absolute Gasteiger partial charge is 0.508 e. The number of anilines is 1. The number of aliphatic hydroxyl groups excluding tert-OH is 2. The number of ketones is 2. The summed E-state index contributed by atoms with van der Waals surface area (Å²) in [6, 6.07) is 1.12. The first kappa shape index (κ1) is 28.1. The number of carbonyl (C=O) groups is 3. The van der Waals surface area contributed by atoms with Gasteiger partial charge >= 0.3 is 0 Å². The number of amides is 1. The zero-order chi connectivity index (χ0) is 29.3. The molecule has 11 nitrogen and oxygen atoms in total. The van der Waals surface area contributed by atoms with E-state index >= 15 is 0 Å². The fraction of sp³-hybridized carbons (Fsp3) is 0.552. The van der Waals surface area contributed by atoms with E-state index in [0.717, 1.165) is 31.4 Å². The molecule has 0 aliphatic heterocycles. The SMILES string of the molecule is CN(C)c1cc(CNC2CCCC2)c(O)c2c1C[C@@H]1C[C@@H]3[C@@H](N(C)C)C(=O)C(C(N)=O)=C(O)[C@]3(O)C(=O)C1=C2O. The van der Waals surface area contributed by atoms with Gasteiger partial charge in [0, 0.05) is 49.4 Å². The number of phenols is 1. The summed E-state index contributed by atoms with van der Waals surface area (Å²) in [6.45, 7) is 0.370. The summed E-state index contributed by atoms with van der Waals surface area (Å²) >= 11 is 0. The molecule has 216 valence electrons. The molecule has 0 radical (unpaired) electrons. The number of rotatable bonds is 6. The number of hydrogen-bond donors (Lipinski definition) is 6. The zero-order valence-electron chi connectivity index (χ0n) is 23.3. The number of phenolic OH excluding ortho intramolecular Hbond substituents is 1. The number of benzene rings is 1. The van der Waals surface area contributed by atoms with Crippen LogP contribution in [0.2, 0.25) is 0 Å². The van der Waals surface area contributed by atoms with Gasteiger partial charge in [0.25, 0.3) is 5.91 Å². The Morgan fingerprint density at radius 1 is 1.12 bits per heavy atom. The highest BCUT2D eigenvalue weighted by atomic mass is 16.3. The van der Waals surface area contributed by atoms with Gasteiger partial charge in [-0.3, -0.25) is 19.3 Å². The first-order chi connectivity index (χ1) is 18.8. The number of nitrogens with one attached hydrogen (secondary N) is 1. The number of primary amides is 1. The fourth-order valence-corrected chi connectivity index (χ4v) is 7.26. The second-order valence-corrected chi connectivity index (χ2v) is 12.0. The van der Waals surface area contributed by atoms with Crippen LogP contribution >= 0.6 is 0 Å². The van der Waals surface area contributed by atoms with Crippen molar-refractivity contribution in [1.29, 1.82) is 0 Å². The van der Waals surface area contributed by atoms with Crippen molar-refractivity contribution < 1.29 is 34.8 Å². The first-order valence-corrected chi connectivity index (χ1v) is 13.7. The number of Topliss-reactive ketones (excluding diaryl/α,β-unsaturated/α-hetero) is 2. The summed E-state index contributed by atoms with van der Waals surface area (Å²) in [5.74, 6) is -6.45. The molecule has 2 saturated carbocycles. The van der Waals surface area contributed by atoms with Gasteiger partial charge in [0.2, 0.25) is 5.78 Å². The van der Waals surface area contributed by atoms with E-state index < -0.39 is 58.0 Å². The topological polar surface area (TPSA) is 177 Å². The minimum atomic E-state index is -2.65. The Hall–Kier alpha value is -3.41. The summed E-state index contributed by atoms with van der Waals surface area (Å²) < 4.78 is 0. The molecular weight excluding hydrogens is 516 g/mol. The molecule has 1 amide bonds.